The SMILES string of the molecule is COc1ccc(CN2CC(C(=O)O)C3(CC3)C2=O)c(OC)c1.O=C(O)C1CNC(=O)C12CC2. The average Bonchev–Trinajstić information content (AvgIpc) is 3.69. The Hall–Kier alpha value is -3.30. The number of ether oxygens (including phenoxy) is 2. The van der Waals surface area contributed by atoms with Crippen LogP contribution in [-0.2, 0) is 25.7 Å². The molecule has 2 atom stereocenters. The summed E-state index contributed by atoms with van der Waals surface area (Å²) in [6, 6.07) is 5.41. The Morgan fingerprint density at radius 1 is 1.03 bits per heavy atom. The Labute approximate surface area is 190 Å². The summed E-state index contributed by atoms with van der Waals surface area (Å²) >= 11 is 0. The molecule has 2 amide bonds. The van der Waals surface area contributed by atoms with Crippen molar-refractivity contribution in [1.82, 2.24) is 10.2 Å². The van der Waals surface area contributed by atoms with Crippen molar-refractivity contribution < 1.29 is 38.9 Å². The van der Waals surface area contributed by atoms with Gasteiger partial charge >= 0.3 is 11.9 Å². The number of nitrogens with zero attached hydrogens (tertiary/aromatic N) is 1. The van der Waals surface area contributed by atoms with Gasteiger partial charge in [-0.15, -0.1) is 0 Å². The molecule has 178 valence electrons. The molecule has 0 bridgehead atoms. The van der Waals surface area contributed by atoms with E-state index < -0.39 is 34.6 Å². The molecule has 0 radical (unpaired) electrons. The van der Waals surface area contributed by atoms with Gasteiger partial charge in [0.05, 0.1) is 36.9 Å². The molecule has 2 spiro atoms. The highest BCUT2D eigenvalue weighted by Gasteiger charge is 2.64. The first-order valence-electron chi connectivity index (χ1n) is 10.9. The van der Waals surface area contributed by atoms with E-state index in [0.29, 0.717) is 37.4 Å². The number of carboxylic acids is 2. The van der Waals surface area contributed by atoms with Crippen molar-refractivity contribution in [1.29, 1.82) is 0 Å². The lowest BCUT2D eigenvalue weighted by atomic mass is 9.93. The minimum absolute atomic E-state index is 0.0437. The number of hydrogen-bond donors (Lipinski definition) is 3. The highest BCUT2D eigenvalue weighted by Crippen LogP contribution is 2.57. The summed E-state index contributed by atoms with van der Waals surface area (Å²) in [5.41, 5.74) is -0.310. The first-order valence-corrected chi connectivity index (χ1v) is 10.9. The van der Waals surface area contributed by atoms with Crippen LogP contribution in [-0.4, -0.2) is 66.2 Å². The minimum Gasteiger partial charge on any atom is -0.497 e. The van der Waals surface area contributed by atoms with Crippen LogP contribution in [0.5, 0.6) is 11.5 Å². The summed E-state index contributed by atoms with van der Waals surface area (Å²) in [6.07, 6.45) is 2.85. The molecule has 2 aliphatic heterocycles. The molecule has 1 aromatic rings. The first kappa shape index (κ1) is 22.9. The second-order valence-corrected chi connectivity index (χ2v) is 9.17. The van der Waals surface area contributed by atoms with Gasteiger partial charge in [-0.25, -0.2) is 0 Å². The zero-order chi connectivity index (χ0) is 24.0. The first-order chi connectivity index (χ1) is 15.7. The van der Waals surface area contributed by atoms with Gasteiger partial charge in [0.1, 0.15) is 11.5 Å². The van der Waals surface area contributed by atoms with E-state index in [0.717, 1.165) is 18.4 Å². The number of nitrogens with one attached hydrogen (secondary N) is 1. The summed E-state index contributed by atoms with van der Waals surface area (Å²) in [5, 5.41) is 20.6. The molecule has 4 fully saturated rings. The van der Waals surface area contributed by atoms with E-state index in [1.54, 1.807) is 31.3 Å². The summed E-state index contributed by atoms with van der Waals surface area (Å²) in [4.78, 5) is 47.3. The maximum Gasteiger partial charge on any atom is 0.309 e. The Kier molecular flexibility index (Phi) is 5.71. The predicted octanol–water partition coefficient (Wildman–Crippen LogP) is 1.12. The molecule has 2 aliphatic carbocycles. The van der Waals surface area contributed by atoms with Crippen LogP contribution >= 0.6 is 0 Å². The predicted molar refractivity (Wildman–Crippen MR) is 114 cm³/mol. The van der Waals surface area contributed by atoms with Crippen LogP contribution in [0.15, 0.2) is 18.2 Å². The maximum absolute atomic E-state index is 12.5. The number of carbonyl (C=O) groups is 4. The van der Waals surface area contributed by atoms with Gasteiger partial charge in [0.2, 0.25) is 11.8 Å². The third-order valence-corrected chi connectivity index (χ3v) is 7.40. The highest BCUT2D eigenvalue weighted by molar-refractivity contribution is 5.94. The molecular formula is C23H28N2O8. The number of methoxy groups -OCH3 is 2. The lowest BCUT2D eigenvalue weighted by Crippen LogP contribution is -2.27. The Balaban J connectivity index is 0.000000196. The van der Waals surface area contributed by atoms with Crippen LogP contribution in [0.3, 0.4) is 0 Å². The molecule has 10 heteroatoms. The number of rotatable bonds is 6. The van der Waals surface area contributed by atoms with Gasteiger partial charge in [-0.3, -0.25) is 19.2 Å². The summed E-state index contributed by atoms with van der Waals surface area (Å²) in [7, 11) is 3.14. The van der Waals surface area contributed by atoms with Crippen LogP contribution < -0.4 is 14.8 Å². The van der Waals surface area contributed by atoms with Gasteiger partial charge in [0, 0.05) is 31.3 Å². The Morgan fingerprint density at radius 2 is 1.67 bits per heavy atom. The van der Waals surface area contributed by atoms with Crippen molar-refractivity contribution in [2.75, 3.05) is 27.3 Å². The molecule has 1 aromatic carbocycles. The van der Waals surface area contributed by atoms with E-state index in [9.17, 15) is 24.3 Å². The summed E-state index contributed by atoms with van der Waals surface area (Å²) < 4.78 is 10.5. The number of carboxylic acid groups (broad SMARTS) is 2. The lowest BCUT2D eigenvalue weighted by Gasteiger charge is -2.18. The van der Waals surface area contributed by atoms with E-state index in [4.69, 9.17) is 14.6 Å². The highest BCUT2D eigenvalue weighted by atomic mass is 16.5. The normalized spacial score (nSPS) is 25.3. The molecule has 5 rings (SSSR count). The molecule has 2 saturated heterocycles. The third-order valence-electron chi connectivity index (χ3n) is 7.40. The van der Waals surface area contributed by atoms with E-state index >= 15 is 0 Å². The Bertz CT molecular complexity index is 998. The fourth-order valence-electron chi connectivity index (χ4n) is 5.04. The second-order valence-electron chi connectivity index (χ2n) is 9.17. The maximum atomic E-state index is 12.5. The van der Waals surface area contributed by atoms with Gasteiger partial charge < -0.3 is 29.9 Å². The monoisotopic (exact) mass is 460 g/mol. The third kappa shape index (κ3) is 3.87. The standard InChI is InChI=1S/C16H19NO5.C7H9NO3/c1-21-11-4-3-10(13(7-11)22-2)8-17-9-12(14(18)19)16(5-6-16)15(17)20;9-5(10)4-3-8-6(11)7(4)1-2-7/h3-4,7,12H,5-6,8-9H2,1-2H3,(H,18,19);4H,1-3H2,(H,8,11)(H,9,10). The zero-order valence-electron chi connectivity index (χ0n) is 18.6. The van der Waals surface area contributed by atoms with Crippen LogP contribution in [0.1, 0.15) is 31.2 Å². The van der Waals surface area contributed by atoms with Crippen molar-refractivity contribution in [3.05, 3.63) is 23.8 Å². The number of hydrogen-bond acceptors (Lipinski definition) is 6. The quantitative estimate of drug-likeness (QED) is 0.573. The van der Waals surface area contributed by atoms with E-state index in [1.165, 1.54) is 0 Å². The van der Waals surface area contributed by atoms with Crippen LogP contribution in [0.4, 0.5) is 0 Å². The summed E-state index contributed by atoms with van der Waals surface area (Å²) in [6.45, 7) is 0.940. The van der Waals surface area contributed by atoms with Gasteiger partial charge in [0.25, 0.3) is 0 Å². The fourth-order valence-corrected chi connectivity index (χ4v) is 5.04. The largest absolute Gasteiger partial charge is 0.497 e. The minimum atomic E-state index is -0.880. The van der Waals surface area contributed by atoms with Crippen LogP contribution in [0.2, 0.25) is 0 Å². The molecular weight excluding hydrogens is 432 g/mol. The van der Waals surface area contributed by atoms with Crippen molar-refractivity contribution in [3.8, 4) is 11.5 Å². The zero-order valence-corrected chi connectivity index (χ0v) is 18.6. The van der Waals surface area contributed by atoms with Crippen LogP contribution in [0.25, 0.3) is 0 Å². The fraction of sp³-hybridized carbons (Fsp3) is 0.565. The molecule has 2 heterocycles. The van der Waals surface area contributed by atoms with Gasteiger partial charge in [-0.2, -0.15) is 0 Å². The van der Waals surface area contributed by atoms with Crippen molar-refractivity contribution in [2.45, 2.75) is 32.2 Å². The Morgan fingerprint density at radius 3 is 2.12 bits per heavy atom. The van der Waals surface area contributed by atoms with Crippen molar-refractivity contribution in [2.24, 2.45) is 22.7 Å². The average molecular weight is 460 g/mol. The molecule has 3 N–H and O–H groups in total. The van der Waals surface area contributed by atoms with Crippen molar-refractivity contribution in [3.63, 3.8) is 0 Å². The molecule has 33 heavy (non-hydrogen) atoms. The van der Waals surface area contributed by atoms with Gasteiger partial charge in [-0.05, 0) is 37.8 Å². The lowest BCUT2D eigenvalue weighted by molar-refractivity contribution is -0.145. The molecule has 2 unspecified atom stereocenters. The molecule has 0 aromatic heterocycles. The molecule has 10 nitrogen and oxygen atoms in total. The molecule has 2 saturated carbocycles. The van der Waals surface area contributed by atoms with Crippen LogP contribution in [0, 0.1) is 22.7 Å². The second kappa shape index (κ2) is 8.24. The number of carbonyl (C=O) groups excluding carboxylic acids is 2. The smallest absolute Gasteiger partial charge is 0.309 e. The molecule has 4 aliphatic rings. The van der Waals surface area contributed by atoms with Gasteiger partial charge in [-0.1, -0.05) is 0 Å². The van der Waals surface area contributed by atoms with Crippen molar-refractivity contribution >= 4 is 23.8 Å². The summed E-state index contributed by atoms with van der Waals surface area (Å²) in [5.74, 6) is -1.59. The topological polar surface area (TPSA) is 142 Å². The number of aliphatic carboxylic acids is 2. The number of likely N-dealkylation sites (tertiary alicyclic amines) is 1. The van der Waals surface area contributed by atoms with E-state index in [2.05, 4.69) is 5.32 Å². The number of benzene rings is 1. The van der Waals surface area contributed by atoms with E-state index in [1.807, 2.05) is 6.07 Å². The van der Waals surface area contributed by atoms with E-state index in [-0.39, 0.29) is 18.4 Å². The van der Waals surface area contributed by atoms with Gasteiger partial charge in [0.15, 0.2) is 0 Å². The number of amides is 2.